The molecule has 0 aliphatic heterocycles. The number of nitrogens with one attached hydrogen (secondary N) is 1. The van der Waals surface area contributed by atoms with E-state index in [1.165, 1.54) is 32.8 Å². The third kappa shape index (κ3) is 2.15. The van der Waals surface area contributed by atoms with Crippen LogP contribution in [-0.4, -0.2) is 10.1 Å². The van der Waals surface area contributed by atoms with Gasteiger partial charge in [-0.25, -0.2) is 4.57 Å². The highest BCUT2D eigenvalue weighted by Crippen LogP contribution is 2.37. The summed E-state index contributed by atoms with van der Waals surface area (Å²) in [5.74, 6) is 0.922. The molecule has 2 aromatic carbocycles. The number of benzene rings is 2. The van der Waals surface area contributed by atoms with Crippen LogP contribution in [0.1, 0.15) is 25.0 Å². The number of H-pyrrole nitrogens is 1. The first kappa shape index (κ1) is 15.0. The van der Waals surface area contributed by atoms with Crippen molar-refractivity contribution in [2.75, 3.05) is 0 Å². The molecule has 2 N–H and O–H groups in total. The molecule has 0 radical (unpaired) electrons. The summed E-state index contributed by atoms with van der Waals surface area (Å²) < 4.78 is 2.28. The number of aromatic nitrogens is 2. The van der Waals surface area contributed by atoms with E-state index in [-0.39, 0.29) is 0 Å². The highest BCUT2D eigenvalue weighted by atomic mass is 16.3. The quantitative estimate of drug-likeness (QED) is 0.515. The summed E-state index contributed by atoms with van der Waals surface area (Å²) in [6.45, 7) is 9.84. The van der Waals surface area contributed by atoms with Gasteiger partial charge in [0.05, 0.1) is 5.52 Å². The SMILES string of the molecule is Cc1c2cc[n+](CC(C)C)cc2c(C)c2c1[nH]c1ccc(O)cc12. The minimum atomic E-state index is 0.309. The first-order valence-corrected chi connectivity index (χ1v) is 8.52. The molecule has 0 fully saturated rings. The fourth-order valence-electron chi connectivity index (χ4n) is 3.82. The number of aromatic amines is 1. The van der Waals surface area contributed by atoms with E-state index in [2.05, 4.69) is 55.7 Å². The van der Waals surface area contributed by atoms with Crippen LogP contribution in [0.4, 0.5) is 0 Å². The van der Waals surface area contributed by atoms with Crippen molar-refractivity contribution >= 4 is 32.6 Å². The molecule has 2 heterocycles. The van der Waals surface area contributed by atoms with E-state index in [0.717, 1.165) is 17.4 Å². The number of nitrogens with zero attached hydrogens (tertiary/aromatic N) is 1. The Labute approximate surface area is 141 Å². The van der Waals surface area contributed by atoms with Gasteiger partial charge >= 0.3 is 0 Å². The number of fused-ring (bicyclic) bond motifs is 4. The molecular formula is C21H23N2O+. The second-order valence-electron chi connectivity index (χ2n) is 7.22. The van der Waals surface area contributed by atoms with E-state index in [0.29, 0.717) is 11.7 Å². The molecule has 0 aliphatic carbocycles. The lowest BCUT2D eigenvalue weighted by atomic mass is 9.97. The van der Waals surface area contributed by atoms with Crippen molar-refractivity contribution in [3.05, 3.63) is 47.8 Å². The van der Waals surface area contributed by atoms with E-state index in [9.17, 15) is 5.11 Å². The summed E-state index contributed by atoms with van der Waals surface area (Å²) in [6, 6.07) is 7.77. The van der Waals surface area contributed by atoms with Crippen LogP contribution in [0.5, 0.6) is 5.75 Å². The number of pyridine rings is 1. The minimum Gasteiger partial charge on any atom is -0.508 e. The lowest BCUT2D eigenvalue weighted by molar-refractivity contribution is -0.701. The summed E-state index contributed by atoms with van der Waals surface area (Å²) in [5, 5.41) is 14.8. The van der Waals surface area contributed by atoms with Crippen LogP contribution in [0.15, 0.2) is 36.7 Å². The molecule has 0 aliphatic rings. The van der Waals surface area contributed by atoms with Crippen molar-refractivity contribution in [1.82, 2.24) is 4.98 Å². The maximum Gasteiger partial charge on any atom is 0.176 e. The van der Waals surface area contributed by atoms with Gasteiger partial charge < -0.3 is 10.1 Å². The van der Waals surface area contributed by atoms with Crippen LogP contribution in [0, 0.1) is 19.8 Å². The lowest BCUT2D eigenvalue weighted by Gasteiger charge is -2.09. The molecule has 0 saturated heterocycles. The number of aryl methyl sites for hydroxylation is 2. The van der Waals surface area contributed by atoms with Gasteiger partial charge in [-0.05, 0) is 48.6 Å². The smallest absolute Gasteiger partial charge is 0.176 e. The number of rotatable bonds is 2. The first-order valence-electron chi connectivity index (χ1n) is 8.52. The van der Waals surface area contributed by atoms with Crippen LogP contribution in [0.25, 0.3) is 32.6 Å². The fourth-order valence-corrected chi connectivity index (χ4v) is 3.82. The first-order chi connectivity index (χ1) is 11.5. The molecule has 4 rings (SSSR count). The molecule has 0 spiro atoms. The Hall–Kier alpha value is -2.55. The molecule has 3 heteroatoms. The Bertz CT molecular complexity index is 1090. The van der Waals surface area contributed by atoms with Gasteiger partial charge in [-0.3, -0.25) is 0 Å². The number of aromatic hydroxyl groups is 1. The van der Waals surface area contributed by atoms with Gasteiger partial charge in [-0.15, -0.1) is 0 Å². The van der Waals surface area contributed by atoms with E-state index in [1.807, 2.05) is 12.1 Å². The normalized spacial score (nSPS) is 12.0. The molecule has 4 aromatic rings. The minimum absolute atomic E-state index is 0.309. The Morgan fingerprint density at radius 1 is 1.04 bits per heavy atom. The number of hydrogen-bond donors (Lipinski definition) is 2. The van der Waals surface area contributed by atoms with E-state index >= 15 is 0 Å². The Morgan fingerprint density at radius 3 is 2.58 bits per heavy atom. The van der Waals surface area contributed by atoms with Crippen molar-refractivity contribution < 1.29 is 9.67 Å². The molecule has 0 bridgehead atoms. The molecule has 2 aromatic heterocycles. The zero-order chi connectivity index (χ0) is 17.0. The third-order valence-electron chi connectivity index (χ3n) is 4.93. The Kier molecular flexibility index (Phi) is 3.27. The number of hydrogen-bond acceptors (Lipinski definition) is 1. The van der Waals surface area contributed by atoms with Crippen LogP contribution in [0.2, 0.25) is 0 Å². The molecule has 24 heavy (non-hydrogen) atoms. The van der Waals surface area contributed by atoms with E-state index < -0.39 is 0 Å². The lowest BCUT2D eigenvalue weighted by Crippen LogP contribution is -2.35. The predicted octanol–water partition coefficient (Wildman–Crippen LogP) is 4.74. The molecule has 0 unspecified atom stereocenters. The maximum absolute atomic E-state index is 9.91. The van der Waals surface area contributed by atoms with Crippen molar-refractivity contribution in [2.24, 2.45) is 5.92 Å². The maximum atomic E-state index is 9.91. The third-order valence-corrected chi connectivity index (χ3v) is 4.93. The highest BCUT2D eigenvalue weighted by Gasteiger charge is 2.17. The van der Waals surface area contributed by atoms with Gasteiger partial charge in [0.15, 0.2) is 18.9 Å². The average molecular weight is 319 g/mol. The van der Waals surface area contributed by atoms with Gasteiger partial charge in [0, 0.05) is 33.7 Å². The van der Waals surface area contributed by atoms with Gasteiger partial charge in [-0.1, -0.05) is 13.8 Å². The topological polar surface area (TPSA) is 39.9 Å². The summed E-state index contributed by atoms with van der Waals surface area (Å²) >= 11 is 0. The van der Waals surface area contributed by atoms with Gasteiger partial charge in [0.2, 0.25) is 0 Å². The zero-order valence-electron chi connectivity index (χ0n) is 14.6. The number of phenols is 1. The second kappa shape index (κ2) is 5.23. The van der Waals surface area contributed by atoms with Crippen LogP contribution < -0.4 is 4.57 Å². The largest absolute Gasteiger partial charge is 0.508 e. The Balaban J connectivity index is 2.13. The summed E-state index contributed by atoms with van der Waals surface area (Å²) in [4.78, 5) is 3.54. The van der Waals surface area contributed by atoms with Crippen molar-refractivity contribution in [2.45, 2.75) is 34.2 Å². The summed E-state index contributed by atoms with van der Waals surface area (Å²) in [7, 11) is 0. The summed E-state index contributed by atoms with van der Waals surface area (Å²) in [6.07, 6.45) is 4.44. The number of phenolic OH excluding ortho intramolecular Hbond substituents is 1. The standard InChI is InChI=1S/C21H22N2O/c1-12(2)10-23-8-7-16-14(4)21-20(13(3)18(16)11-23)17-9-15(24)5-6-19(17)22-21/h5-9,11-12,24H,10H2,1-4H3/p+1. The molecule has 3 nitrogen and oxygen atoms in total. The van der Waals surface area contributed by atoms with Gasteiger partial charge in [0.1, 0.15) is 5.75 Å². The molecular weight excluding hydrogens is 296 g/mol. The van der Waals surface area contributed by atoms with Gasteiger partial charge in [0.25, 0.3) is 0 Å². The van der Waals surface area contributed by atoms with Crippen LogP contribution >= 0.6 is 0 Å². The van der Waals surface area contributed by atoms with Crippen molar-refractivity contribution in [3.8, 4) is 5.75 Å². The monoisotopic (exact) mass is 319 g/mol. The molecule has 0 saturated carbocycles. The molecule has 0 amide bonds. The molecule has 0 atom stereocenters. The fraction of sp³-hybridized carbons (Fsp3) is 0.286. The van der Waals surface area contributed by atoms with E-state index in [4.69, 9.17) is 0 Å². The molecule has 122 valence electrons. The predicted molar refractivity (Wildman–Crippen MR) is 99.5 cm³/mol. The van der Waals surface area contributed by atoms with Crippen molar-refractivity contribution in [3.63, 3.8) is 0 Å². The second-order valence-corrected chi connectivity index (χ2v) is 7.22. The average Bonchev–Trinajstić information content (AvgIpc) is 2.91. The zero-order valence-corrected chi connectivity index (χ0v) is 14.6. The van der Waals surface area contributed by atoms with Crippen LogP contribution in [-0.2, 0) is 6.54 Å². The highest BCUT2D eigenvalue weighted by molar-refractivity contribution is 6.16. The van der Waals surface area contributed by atoms with Crippen molar-refractivity contribution in [1.29, 1.82) is 0 Å². The Morgan fingerprint density at radius 2 is 1.83 bits per heavy atom. The van der Waals surface area contributed by atoms with Crippen LogP contribution in [0.3, 0.4) is 0 Å². The van der Waals surface area contributed by atoms with Gasteiger partial charge in [-0.2, -0.15) is 0 Å². The van der Waals surface area contributed by atoms with E-state index in [1.54, 1.807) is 6.07 Å². The summed E-state index contributed by atoms with van der Waals surface area (Å²) in [5.41, 5.74) is 4.76.